The second kappa shape index (κ2) is 3.26. The molecule has 0 aromatic heterocycles. The summed E-state index contributed by atoms with van der Waals surface area (Å²) < 4.78 is 5.48. The van der Waals surface area contributed by atoms with E-state index in [2.05, 4.69) is 6.58 Å². The quantitative estimate of drug-likeness (QED) is 0.499. The van der Waals surface area contributed by atoms with Crippen LogP contribution in [0.3, 0.4) is 0 Å². The molecule has 0 saturated carbocycles. The van der Waals surface area contributed by atoms with Gasteiger partial charge in [-0.25, -0.2) is 0 Å². The average molecular weight is 221 g/mol. The van der Waals surface area contributed by atoms with Gasteiger partial charge in [0.2, 0.25) is 0 Å². The van der Waals surface area contributed by atoms with Crippen molar-refractivity contribution in [2.24, 2.45) is 11.8 Å². The van der Waals surface area contributed by atoms with E-state index in [0.717, 1.165) is 5.06 Å². The lowest BCUT2D eigenvalue weighted by atomic mass is 9.85. The second-order valence-electron chi connectivity index (χ2n) is 4.06. The van der Waals surface area contributed by atoms with Crippen LogP contribution in [0.5, 0.6) is 0 Å². The summed E-state index contributed by atoms with van der Waals surface area (Å²) in [6, 6.07) is 0. The van der Waals surface area contributed by atoms with Crippen LogP contribution in [0, 0.1) is 11.8 Å². The first-order chi connectivity index (χ1) is 7.74. The first kappa shape index (κ1) is 9.74. The number of carbonyl (C=O) groups is 2. The van der Waals surface area contributed by atoms with E-state index >= 15 is 0 Å². The monoisotopic (exact) mass is 221 g/mol. The standard InChI is InChI=1S/C11H11NO4/c1-2-5-15-12-10(13)8-6-3-4-7(16-6)9(8)11(12)14/h2-4,6-9H,1,5H2/t6-,7-,8-,9+/m1/s1. The number of amides is 2. The van der Waals surface area contributed by atoms with Crippen LogP contribution in [0.1, 0.15) is 0 Å². The summed E-state index contributed by atoms with van der Waals surface area (Å²) in [5.41, 5.74) is 0. The molecule has 0 N–H and O–H groups in total. The maximum absolute atomic E-state index is 11.9. The third kappa shape index (κ3) is 1.07. The summed E-state index contributed by atoms with van der Waals surface area (Å²) in [6.07, 6.45) is 4.66. The molecular formula is C11H11NO4. The molecule has 5 heteroatoms. The van der Waals surface area contributed by atoms with Crippen LogP contribution in [-0.4, -0.2) is 35.7 Å². The van der Waals surface area contributed by atoms with Crippen molar-refractivity contribution >= 4 is 11.8 Å². The Morgan fingerprint density at radius 1 is 1.31 bits per heavy atom. The van der Waals surface area contributed by atoms with Crippen molar-refractivity contribution in [1.82, 2.24) is 5.06 Å². The van der Waals surface area contributed by atoms with Crippen molar-refractivity contribution in [3.63, 3.8) is 0 Å². The Morgan fingerprint density at radius 3 is 2.38 bits per heavy atom. The minimum atomic E-state index is -0.396. The Kier molecular flexibility index (Phi) is 1.99. The van der Waals surface area contributed by atoms with E-state index < -0.39 is 11.8 Å². The molecule has 2 fully saturated rings. The largest absolute Gasteiger partial charge is 0.365 e. The van der Waals surface area contributed by atoms with Crippen molar-refractivity contribution in [3.8, 4) is 0 Å². The molecule has 0 spiro atoms. The molecule has 0 radical (unpaired) electrons. The molecule has 2 amide bonds. The number of rotatable bonds is 3. The third-order valence-corrected chi connectivity index (χ3v) is 3.19. The van der Waals surface area contributed by atoms with Crippen LogP contribution in [-0.2, 0) is 19.2 Å². The maximum atomic E-state index is 11.9. The number of hydrogen-bond acceptors (Lipinski definition) is 4. The van der Waals surface area contributed by atoms with Crippen LogP contribution in [0.25, 0.3) is 0 Å². The Labute approximate surface area is 92.3 Å². The number of nitrogens with zero attached hydrogens (tertiary/aromatic N) is 1. The van der Waals surface area contributed by atoms with Gasteiger partial charge in [-0.2, -0.15) is 5.06 Å². The fraction of sp³-hybridized carbons (Fsp3) is 0.455. The molecular weight excluding hydrogens is 210 g/mol. The highest BCUT2D eigenvalue weighted by Gasteiger charge is 2.61. The Balaban J connectivity index is 1.86. The third-order valence-electron chi connectivity index (χ3n) is 3.19. The van der Waals surface area contributed by atoms with E-state index in [0.29, 0.717) is 0 Å². The molecule has 3 rings (SSSR count). The van der Waals surface area contributed by atoms with Crippen molar-refractivity contribution < 1.29 is 19.2 Å². The SMILES string of the molecule is C=CCON1C(=O)[C@@H]2[C@H](C1=O)[C@H]1C=C[C@H]2O1. The first-order valence-electron chi connectivity index (χ1n) is 5.19. The van der Waals surface area contributed by atoms with Crippen LogP contribution >= 0.6 is 0 Å². The lowest BCUT2D eigenvalue weighted by Gasteiger charge is -2.15. The van der Waals surface area contributed by atoms with Crippen molar-refractivity contribution in [2.45, 2.75) is 12.2 Å². The van der Waals surface area contributed by atoms with Gasteiger partial charge in [0.05, 0.1) is 30.7 Å². The molecule has 2 saturated heterocycles. The molecule has 0 aliphatic carbocycles. The number of fused-ring (bicyclic) bond motifs is 5. The summed E-state index contributed by atoms with van der Waals surface area (Å²) in [7, 11) is 0. The summed E-state index contributed by atoms with van der Waals surface area (Å²) in [4.78, 5) is 28.9. The van der Waals surface area contributed by atoms with E-state index in [1.807, 2.05) is 12.2 Å². The van der Waals surface area contributed by atoms with Gasteiger partial charge >= 0.3 is 0 Å². The highest BCUT2D eigenvalue weighted by Crippen LogP contribution is 2.44. The number of ether oxygens (including phenoxy) is 1. The van der Waals surface area contributed by atoms with Crippen LogP contribution in [0.2, 0.25) is 0 Å². The van der Waals surface area contributed by atoms with E-state index in [-0.39, 0.29) is 30.6 Å². The minimum absolute atomic E-state index is 0.153. The first-order valence-corrected chi connectivity index (χ1v) is 5.19. The highest BCUT2D eigenvalue weighted by molar-refractivity contribution is 6.05. The molecule has 3 aliphatic rings. The van der Waals surface area contributed by atoms with E-state index in [4.69, 9.17) is 9.57 Å². The van der Waals surface area contributed by atoms with Gasteiger partial charge in [0, 0.05) is 0 Å². The molecule has 3 aliphatic heterocycles. The molecule has 2 bridgehead atoms. The van der Waals surface area contributed by atoms with Gasteiger partial charge < -0.3 is 4.74 Å². The van der Waals surface area contributed by atoms with Gasteiger partial charge in [-0.05, 0) is 0 Å². The number of imide groups is 1. The van der Waals surface area contributed by atoms with Gasteiger partial charge in [-0.3, -0.25) is 14.4 Å². The number of hydrogen-bond donors (Lipinski definition) is 0. The van der Waals surface area contributed by atoms with Gasteiger partial charge in [0.25, 0.3) is 11.8 Å². The van der Waals surface area contributed by atoms with Gasteiger partial charge in [0.15, 0.2) is 0 Å². The average Bonchev–Trinajstić information content (AvgIpc) is 2.92. The van der Waals surface area contributed by atoms with Gasteiger partial charge in [-0.1, -0.05) is 18.2 Å². The Hall–Kier alpha value is -1.46. The smallest absolute Gasteiger partial charge is 0.260 e. The Morgan fingerprint density at radius 2 is 1.88 bits per heavy atom. The summed E-state index contributed by atoms with van der Waals surface area (Å²) in [6.45, 7) is 3.63. The minimum Gasteiger partial charge on any atom is -0.365 e. The topological polar surface area (TPSA) is 55.8 Å². The lowest BCUT2D eigenvalue weighted by Crippen LogP contribution is -2.34. The molecule has 0 aromatic rings. The van der Waals surface area contributed by atoms with Crippen LogP contribution < -0.4 is 0 Å². The predicted molar refractivity (Wildman–Crippen MR) is 52.8 cm³/mol. The van der Waals surface area contributed by atoms with E-state index in [9.17, 15) is 9.59 Å². The van der Waals surface area contributed by atoms with E-state index in [1.54, 1.807) is 0 Å². The zero-order valence-electron chi connectivity index (χ0n) is 8.54. The van der Waals surface area contributed by atoms with Gasteiger partial charge in [-0.15, -0.1) is 6.58 Å². The molecule has 16 heavy (non-hydrogen) atoms. The lowest BCUT2D eigenvalue weighted by molar-refractivity contribution is -0.188. The fourth-order valence-corrected chi connectivity index (χ4v) is 2.53. The Bertz CT molecular complexity index is 373. The maximum Gasteiger partial charge on any atom is 0.260 e. The molecule has 0 aromatic carbocycles. The predicted octanol–water partition coefficient (Wildman–Crippen LogP) is 0.0424. The molecule has 3 heterocycles. The van der Waals surface area contributed by atoms with Gasteiger partial charge in [0.1, 0.15) is 0 Å². The van der Waals surface area contributed by atoms with Crippen molar-refractivity contribution in [3.05, 3.63) is 24.8 Å². The summed E-state index contributed by atoms with van der Waals surface area (Å²) in [5.74, 6) is -1.39. The van der Waals surface area contributed by atoms with E-state index in [1.165, 1.54) is 6.08 Å². The summed E-state index contributed by atoms with van der Waals surface area (Å²) >= 11 is 0. The fourth-order valence-electron chi connectivity index (χ4n) is 2.53. The normalized spacial score (nSPS) is 39.6. The molecule has 5 nitrogen and oxygen atoms in total. The number of hydroxylamine groups is 2. The second-order valence-corrected chi connectivity index (χ2v) is 4.06. The number of carbonyl (C=O) groups excluding carboxylic acids is 2. The zero-order chi connectivity index (χ0) is 11.3. The molecule has 4 atom stereocenters. The van der Waals surface area contributed by atoms with Crippen LogP contribution in [0.4, 0.5) is 0 Å². The highest BCUT2D eigenvalue weighted by atomic mass is 16.7. The molecule has 0 unspecified atom stereocenters. The summed E-state index contributed by atoms with van der Waals surface area (Å²) in [5, 5.41) is 0.868. The van der Waals surface area contributed by atoms with Crippen molar-refractivity contribution in [1.29, 1.82) is 0 Å². The van der Waals surface area contributed by atoms with Crippen molar-refractivity contribution in [2.75, 3.05) is 6.61 Å². The zero-order valence-corrected chi connectivity index (χ0v) is 8.54. The molecule has 84 valence electrons. The van der Waals surface area contributed by atoms with Crippen LogP contribution in [0.15, 0.2) is 24.8 Å².